The molecule has 0 spiro atoms. The van der Waals surface area contributed by atoms with E-state index in [1.165, 1.54) is 18.5 Å². The van der Waals surface area contributed by atoms with Crippen LogP contribution in [0, 0.1) is 11.8 Å². The van der Waals surface area contributed by atoms with Crippen molar-refractivity contribution in [2.75, 3.05) is 6.54 Å². The minimum Gasteiger partial charge on any atom is -0.338 e. The molecule has 1 fully saturated rings. The number of aromatic nitrogens is 5. The number of hydrogen-bond donors (Lipinski definition) is 0. The lowest BCUT2D eigenvalue weighted by Gasteiger charge is -2.29. The molecule has 0 saturated heterocycles. The summed E-state index contributed by atoms with van der Waals surface area (Å²) in [5.74, 6) is 1.80. The van der Waals surface area contributed by atoms with E-state index >= 15 is 0 Å². The summed E-state index contributed by atoms with van der Waals surface area (Å²) < 4.78 is 4.06. The van der Waals surface area contributed by atoms with Gasteiger partial charge in [0.05, 0.1) is 0 Å². The molecule has 1 saturated carbocycles. The quantitative estimate of drug-likeness (QED) is 0.855. The van der Waals surface area contributed by atoms with Crippen LogP contribution in [-0.4, -0.2) is 41.9 Å². The molecular weight excluding hydrogens is 304 g/mol. The zero-order chi connectivity index (χ0) is 16.8. The maximum Gasteiger partial charge on any atom is 0.225 e. The average Bonchev–Trinajstić information content (AvgIpc) is 3.17. The summed E-state index contributed by atoms with van der Waals surface area (Å²) in [4.78, 5) is 14.3. The van der Waals surface area contributed by atoms with Crippen LogP contribution in [0.5, 0.6) is 0 Å². The molecule has 4 rings (SSSR count). The molecule has 0 unspecified atom stereocenters. The van der Waals surface area contributed by atoms with Crippen molar-refractivity contribution >= 4 is 5.91 Å². The number of nitrogens with zero attached hydrogens (tertiary/aromatic N) is 6. The van der Waals surface area contributed by atoms with Gasteiger partial charge in [-0.3, -0.25) is 9.48 Å². The summed E-state index contributed by atoms with van der Waals surface area (Å²) in [6, 6.07) is 0. The van der Waals surface area contributed by atoms with Gasteiger partial charge in [-0.15, -0.1) is 10.2 Å². The molecule has 0 bridgehead atoms. The second-order valence-corrected chi connectivity index (χ2v) is 7.31. The van der Waals surface area contributed by atoms with E-state index in [1.807, 2.05) is 30.5 Å². The first kappa shape index (κ1) is 15.4. The van der Waals surface area contributed by atoms with Gasteiger partial charge in [-0.1, -0.05) is 13.8 Å². The number of aryl methyl sites for hydroxylation is 1. The summed E-state index contributed by atoms with van der Waals surface area (Å²) in [6.07, 6.45) is 5.21. The highest BCUT2D eigenvalue weighted by molar-refractivity contribution is 5.78. The molecule has 7 heteroatoms. The Morgan fingerprint density at radius 3 is 2.88 bits per heavy atom. The lowest BCUT2D eigenvalue weighted by molar-refractivity contribution is -0.135. The normalized spacial score (nSPS) is 17.4. The summed E-state index contributed by atoms with van der Waals surface area (Å²) in [5, 5.41) is 13.1. The predicted molar refractivity (Wildman–Crippen MR) is 88.9 cm³/mol. The Morgan fingerprint density at radius 2 is 2.17 bits per heavy atom. The lowest BCUT2D eigenvalue weighted by atomic mass is 10.0. The zero-order valence-electron chi connectivity index (χ0n) is 14.6. The predicted octanol–water partition coefficient (Wildman–Crippen LogP) is 1.63. The lowest BCUT2D eigenvalue weighted by Crippen LogP contribution is -2.38. The first-order chi connectivity index (χ1) is 11.5. The molecule has 128 valence electrons. The molecule has 3 heterocycles. The summed E-state index contributed by atoms with van der Waals surface area (Å²) in [7, 11) is 1.98. The Bertz CT molecular complexity index is 770. The van der Waals surface area contributed by atoms with Gasteiger partial charge in [0, 0.05) is 50.3 Å². The third-order valence-electron chi connectivity index (χ3n) is 5.03. The molecule has 1 amide bonds. The van der Waals surface area contributed by atoms with Crippen LogP contribution >= 0.6 is 0 Å². The van der Waals surface area contributed by atoms with Crippen molar-refractivity contribution in [3.8, 4) is 11.5 Å². The number of amides is 1. The van der Waals surface area contributed by atoms with Crippen LogP contribution in [0.4, 0.5) is 0 Å². The van der Waals surface area contributed by atoms with E-state index in [0.717, 1.165) is 42.5 Å². The van der Waals surface area contributed by atoms with Gasteiger partial charge in [0.2, 0.25) is 5.91 Å². The third kappa shape index (κ3) is 2.61. The number of fused-ring (bicyclic) bond motifs is 1. The van der Waals surface area contributed by atoms with E-state index in [2.05, 4.69) is 14.8 Å². The zero-order valence-corrected chi connectivity index (χ0v) is 14.6. The maximum absolute atomic E-state index is 12.4. The molecule has 1 aliphatic heterocycles. The fourth-order valence-electron chi connectivity index (χ4n) is 3.48. The van der Waals surface area contributed by atoms with Gasteiger partial charge in [-0.05, 0) is 18.8 Å². The van der Waals surface area contributed by atoms with Crippen LogP contribution in [0.15, 0.2) is 6.33 Å². The van der Waals surface area contributed by atoms with Crippen LogP contribution in [-0.2, 0) is 31.4 Å². The standard InChI is InChI=1S/C17H24N6O/c1-11(2)17(24)22-7-6-14-13(9-22)15(20-21(14)3)16-19-18-10-23(16)8-12-4-5-12/h10-12H,4-9H2,1-3H3. The van der Waals surface area contributed by atoms with Crippen molar-refractivity contribution in [2.45, 2.75) is 46.2 Å². The summed E-state index contributed by atoms with van der Waals surface area (Å²) in [5.41, 5.74) is 3.22. The van der Waals surface area contributed by atoms with Crippen molar-refractivity contribution in [1.82, 2.24) is 29.4 Å². The Hall–Kier alpha value is -2.18. The average molecular weight is 328 g/mol. The van der Waals surface area contributed by atoms with E-state index < -0.39 is 0 Å². The van der Waals surface area contributed by atoms with Gasteiger partial charge in [-0.25, -0.2) is 0 Å². The smallest absolute Gasteiger partial charge is 0.225 e. The topological polar surface area (TPSA) is 68.8 Å². The first-order valence-corrected chi connectivity index (χ1v) is 8.76. The number of carbonyl (C=O) groups excluding carboxylic acids is 1. The number of rotatable bonds is 4. The van der Waals surface area contributed by atoms with Crippen LogP contribution in [0.1, 0.15) is 37.9 Å². The van der Waals surface area contributed by atoms with Crippen LogP contribution < -0.4 is 0 Å². The highest BCUT2D eigenvalue weighted by Gasteiger charge is 2.30. The number of carbonyl (C=O) groups is 1. The van der Waals surface area contributed by atoms with E-state index in [4.69, 9.17) is 5.10 Å². The second kappa shape index (κ2) is 5.72. The van der Waals surface area contributed by atoms with Gasteiger partial charge in [0.15, 0.2) is 5.82 Å². The molecule has 0 aromatic carbocycles. The molecule has 7 nitrogen and oxygen atoms in total. The molecule has 0 N–H and O–H groups in total. The second-order valence-electron chi connectivity index (χ2n) is 7.31. The van der Waals surface area contributed by atoms with Gasteiger partial charge in [0.25, 0.3) is 0 Å². The van der Waals surface area contributed by atoms with Crippen LogP contribution in [0.25, 0.3) is 11.5 Å². The van der Waals surface area contributed by atoms with Crippen LogP contribution in [0.3, 0.4) is 0 Å². The monoisotopic (exact) mass is 328 g/mol. The van der Waals surface area contributed by atoms with Crippen LogP contribution in [0.2, 0.25) is 0 Å². The van der Waals surface area contributed by atoms with Gasteiger partial charge in [-0.2, -0.15) is 5.10 Å². The third-order valence-corrected chi connectivity index (χ3v) is 5.03. The summed E-state index contributed by atoms with van der Waals surface area (Å²) >= 11 is 0. The van der Waals surface area contributed by atoms with E-state index in [9.17, 15) is 4.79 Å². The molecule has 2 aliphatic rings. The fourth-order valence-corrected chi connectivity index (χ4v) is 3.48. The van der Waals surface area contributed by atoms with E-state index in [0.29, 0.717) is 6.54 Å². The first-order valence-electron chi connectivity index (χ1n) is 8.76. The molecule has 1 aliphatic carbocycles. The Labute approximate surface area is 141 Å². The van der Waals surface area contributed by atoms with Gasteiger partial charge in [0.1, 0.15) is 12.0 Å². The molecule has 2 aromatic heterocycles. The molecule has 2 aromatic rings. The van der Waals surface area contributed by atoms with Gasteiger partial charge < -0.3 is 9.47 Å². The SMILES string of the molecule is CC(C)C(=O)N1CCc2c(c(-c3nncn3CC3CC3)nn2C)C1. The molecule has 0 radical (unpaired) electrons. The Balaban J connectivity index is 1.69. The Morgan fingerprint density at radius 1 is 1.38 bits per heavy atom. The van der Waals surface area contributed by atoms with Crippen molar-refractivity contribution in [1.29, 1.82) is 0 Å². The van der Waals surface area contributed by atoms with E-state index in [1.54, 1.807) is 6.33 Å². The van der Waals surface area contributed by atoms with Crippen molar-refractivity contribution < 1.29 is 4.79 Å². The van der Waals surface area contributed by atoms with Crippen molar-refractivity contribution in [2.24, 2.45) is 18.9 Å². The highest BCUT2D eigenvalue weighted by Crippen LogP contribution is 2.33. The maximum atomic E-state index is 12.4. The molecular formula is C17H24N6O. The number of hydrogen-bond acceptors (Lipinski definition) is 4. The van der Waals surface area contributed by atoms with Crippen molar-refractivity contribution in [3.63, 3.8) is 0 Å². The molecule has 24 heavy (non-hydrogen) atoms. The molecule has 0 atom stereocenters. The highest BCUT2D eigenvalue weighted by atomic mass is 16.2. The van der Waals surface area contributed by atoms with E-state index in [-0.39, 0.29) is 11.8 Å². The largest absolute Gasteiger partial charge is 0.338 e. The van der Waals surface area contributed by atoms with Crippen molar-refractivity contribution in [3.05, 3.63) is 17.6 Å². The fraction of sp³-hybridized carbons (Fsp3) is 0.647. The Kier molecular flexibility index (Phi) is 3.66. The minimum atomic E-state index is 0.0187. The van der Waals surface area contributed by atoms with Gasteiger partial charge >= 0.3 is 0 Å². The minimum absolute atomic E-state index is 0.0187. The summed E-state index contributed by atoms with van der Waals surface area (Å²) in [6.45, 7) is 6.24.